The number of nitrogens with zero attached hydrogens (tertiary/aromatic N) is 3. The van der Waals surface area contributed by atoms with Gasteiger partial charge in [-0.1, -0.05) is 29.8 Å². The van der Waals surface area contributed by atoms with Gasteiger partial charge in [0.2, 0.25) is 0 Å². The van der Waals surface area contributed by atoms with Gasteiger partial charge in [0.05, 0.1) is 12.4 Å². The molecule has 1 aromatic heterocycles. The van der Waals surface area contributed by atoms with Gasteiger partial charge in [0.15, 0.2) is 5.82 Å². The van der Waals surface area contributed by atoms with E-state index in [-0.39, 0.29) is 5.91 Å². The first-order chi connectivity index (χ1) is 12.2. The van der Waals surface area contributed by atoms with Gasteiger partial charge in [0.25, 0.3) is 5.91 Å². The second-order valence-electron chi connectivity index (χ2n) is 6.27. The summed E-state index contributed by atoms with van der Waals surface area (Å²) in [6, 6.07) is 9.93. The fourth-order valence-corrected chi connectivity index (χ4v) is 2.95. The lowest BCUT2D eigenvalue weighted by Crippen LogP contribution is -2.26. The normalized spacial score (nSPS) is 13.9. The van der Waals surface area contributed by atoms with Gasteiger partial charge in [0.1, 0.15) is 5.69 Å². The molecule has 0 aliphatic heterocycles. The third-order valence-electron chi connectivity index (χ3n) is 4.47. The Labute approximate surface area is 148 Å². The van der Waals surface area contributed by atoms with Crippen LogP contribution in [-0.2, 0) is 0 Å². The number of carbonyl (C=O) groups is 1. The molecule has 1 N–H and O–H groups in total. The van der Waals surface area contributed by atoms with E-state index in [1.54, 1.807) is 6.20 Å². The molecule has 1 amide bonds. The molecule has 130 valence electrons. The predicted octanol–water partition coefficient (Wildman–Crippen LogP) is 3.86. The Hall–Kier alpha value is -2.69. The van der Waals surface area contributed by atoms with Crippen molar-refractivity contribution in [3.05, 3.63) is 60.1 Å². The second-order valence-corrected chi connectivity index (χ2v) is 6.27. The molecule has 0 saturated heterocycles. The van der Waals surface area contributed by atoms with Gasteiger partial charge < -0.3 is 10.2 Å². The fourth-order valence-electron chi connectivity index (χ4n) is 2.95. The number of anilines is 2. The van der Waals surface area contributed by atoms with Crippen LogP contribution >= 0.6 is 0 Å². The van der Waals surface area contributed by atoms with Gasteiger partial charge in [-0.05, 0) is 44.2 Å². The van der Waals surface area contributed by atoms with Crippen molar-refractivity contribution in [3.63, 3.8) is 0 Å². The number of para-hydroxylation sites is 1. The molecule has 5 nitrogen and oxygen atoms in total. The van der Waals surface area contributed by atoms with Crippen molar-refractivity contribution >= 4 is 17.4 Å². The predicted molar refractivity (Wildman–Crippen MR) is 100 cm³/mol. The minimum absolute atomic E-state index is 0.169. The standard InChI is InChI=1S/C20H24N4O/c1-24(17-10-6-3-7-11-17)19-15-22-18(14-23-19)20(25)21-13-12-16-8-4-2-5-9-16/h3,6-8,10-11,14-15H,2,4-5,9,12-13H2,1H3,(H,21,25). The van der Waals surface area contributed by atoms with Crippen LogP contribution in [0.3, 0.4) is 0 Å². The first-order valence-corrected chi connectivity index (χ1v) is 8.81. The van der Waals surface area contributed by atoms with Crippen molar-refractivity contribution in [2.75, 3.05) is 18.5 Å². The molecule has 5 heteroatoms. The zero-order valence-corrected chi connectivity index (χ0v) is 14.6. The van der Waals surface area contributed by atoms with E-state index in [9.17, 15) is 4.79 Å². The molecule has 1 aliphatic carbocycles. The largest absolute Gasteiger partial charge is 0.350 e. The van der Waals surface area contributed by atoms with E-state index in [4.69, 9.17) is 0 Å². The number of amides is 1. The van der Waals surface area contributed by atoms with Gasteiger partial charge in [-0.3, -0.25) is 4.79 Å². The quantitative estimate of drug-likeness (QED) is 0.814. The molecule has 0 saturated carbocycles. The highest BCUT2D eigenvalue weighted by Crippen LogP contribution is 2.20. The maximum absolute atomic E-state index is 12.2. The van der Waals surface area contributed by atoms with E-state index in [0.717, 1.165) is 18.5 Å². The van der Waals surface area contributed by atoms with Crippen LogP contribution in [0.15, 0.2) is 54.4 Å². The third kappa shape index (κ3) is 4.66. The van der Waals surface area contributed by atoms with Crippen LogP contribution in [0, 0.1) is 0 Å². The van der Waals surface area contributed by atoms with E-state index in [1.165, 1.54) is 31.0 Å². The highest BCUT2D eigenvalue weighted by molar-refractivity contribution is 5.92. The van der Waals surface area contributed by atoms with Crippen LogP contribution in [0.5, 0.6) is 0 Å². The SMILES string of the molecule is CN(c1ccccc1)c1cnc(C(=O)NCCC2=CCCCC2)cn1. The molecule has 1 aromatic carbocycles. The average Bonchev–Trinajstić information content (AvgIpc) is 2.69. The summed E-state index contributed by atoms with van der Waals surface area (Å²) in [6.45, 7) is 0.651. The molecule has 0 radical (unpaired) electrons. The Balaban J connectivity index is 1.54. The zero-order chi connectivity index (χ0) is 17.5. The first kappa shape index (κ1) is 17.1. The minimum atomic E-state index is -0.169. The number of hydrogen-bond acceptors (Lipinski definition) is 4. The summed E-state index contributed by atoms with van der Waals surface area (Å²) in [5.41, 5.74) is 2.83. The Morgan fingerprint density at radius 1 is 1.16 bits per heavy atom. The van der Waals surface area contributed by atoms with Gasteiger partial charge >= 0.3 is 0 Å². The lowest BCUT2D eigenvalue weighted by Gasteiger charge is -2.17. The van der Waals surface area contributed by atoms with E-state index in [1.807, 2.05) is 42.3 Å². The zero-order valence-electron chi connectivity index (χ0n) is 14.6. The van der Waals surface area contributed by atoms with Crippen molar-refractivity contribution in [1.82, 2.24) is 15.3 Å². The van der Waals surface area contributed by atoms with Crippen molar-refractivity contribution in [3.8, 4) is 0 Å². The summed E-state index contributed by atoms with van der Waals surface area (Å²) in [5, 5.41) is 2.93. The summed E-state index contributed by atoms with van der Waals surface area (Å²) < 4.78 is 0. The number of nitrogens with one attached hydrogen (secondary N) is 1. The molecule has 0 fully saturated rings. The highest BCUT2D eigenvalue weighted by atomic mass is 16.1. The van der Waals surface area contributed by atoms with Crippen molar-refractivity contribution in [2.24, 2.45) is 0 Å². The number of aromatic nitrogens is 2. The molecule has 0 bridgehead atoms. The van der Waals surface area contributed by atoms with Crippen molar-refractivity contribution < 1.29 is 4.79 Å². The highest BCUT2D eigenvalue weighted by Gasteiger charge is 2.11. The lowest BCUT2D eigenvalue weighted by molar-refractivity contribution is 0.0948. The van der Waals surface area contributed by atoms with Crippen molar-refractivity contribution in [2.45, 2.75) is 32.1 Å². The van der Waals surface area contributed by atoms with E-state index in [0.29, 0.717) is 18.1 Å². The molecule has 1 aliphatic rings. The molecule has 0 spiro atoms. The summed E-state index contributed by atoms with van der Waals surface area (Å²) in [4.78, 5) is 22.8. The summed E-state index contributed by atoms with van der Waals surface area (Å²) in [6.07, 6.45) is 11.3. The first-order valence-electron chi connectivity index (χ1n) is 8.81. The topological polar surface area (TPSA) is 58.1 Å². The summed E-state index contributed by atoms with van der Waals surface area (Å²) in [5.74, 6) is 0.535. The van der Waals surface area contributed by atoms with E-state index in [2.05, 4.69) is 21.4 Å². The lowest BCUT2D eigenvalue weighted by atomic mass is 9.97. The maximum atomic E-state index is 12.2. The minimum Gasteiger partial charge on any atom is -0.350 e. The molecule has 25 heavy (non-hydrogen) atoms. The Morgan fingerprint density at radius 2 is 2.00 bits per heavy atom. The molecule has 3 rings (SSSR count). The molecular weight excluding hydrogens is 312 g/mol. The monoisotopic (exact) mass is 336 g/mol. The van der Waals surface area contributed by atoms with Crippen LogP contribution < -0.4 is 10.2 Å². The Bertz CT molecular complexity index is 725. The van der Waals surface area contributed by atoms with Gasteiger partial charge in [0, 0.05) is 19.3 Å². The molecule has 0 atom stereocenters. The van der Waals surface area contributed by atoms with Crippen LogP contribution in [0.25, 0.3) is 0 Å². The van der Waals surface area contributed by atoms with Gasteiger partial charge in [-0.15, -0.1) is 0 Å². The second kappa shape index (κ2) is 8.42. The maximum Gasteiger partial charge on any atom is 0.271 e. The summed E-state index contributed by atoms with van der Waals surface area (Å²) >= 11 is 0. The average molecular weight is 336 g/mol. The van der Waals surface area contributed by atoms with Crippen LogP contribution in [0.4, 0.5) is 11.5 Å². The Morgan fingerprint density at radius 3 is 2.68 bits per heavy atom. The Kier molecular flexibility index (Phi) is 5.77. The number of allylic oxidation sites excluding steroid dienone is 1. The molecule has 0 unspecified atom stereocenters. The van der Waals surface area contributed by atoms with Gasteiger partial charge in [-0.2, -0.15) is 0 Å². The van der Waals surface area contributed by atoms with Crippen LogP contribution in [0.2, 0.25) is 0 Å². The van der Waals surface area contributed by atoms with Gasteiger partial charge in [-0.25, -0.2) is 9.97 Å². The number of carbonyl (C=O) groups excluding carboxylic acids is 1. The van der Waals surface area contributed by atoms with E-state index < -0.39 is 0 Å². The number of hydrogen-bond donors (Lipinski definition) is 1. The van der Waals surface area contributed by atoms with E-state index >= 15 is 0 Å². The summed E-state index contributed by atoms with van der Waals surface area (Å²) in [7, 11) is 1.93. The number of benzene rings is 1. The molecule has 1 heterocycles. The fraction of sp³-hybridized carbons (Fsp3) is 0.350. The van der Waals surface area contributed by atoms with Crippen LogP contribution in [-0.4, -0.2) is 29.5 Å². The third-order valence-corrected chi connectivity index (χ3v) is 4.47. The molecular formula is C20H24N4O. The van der Waals surface area contributed by atoms with Crippen molar-refractivity contribution in [1.29, 1.82) is 0 Å². The number of rotatable bonds is 6. The molecule has 2 aromatic rings. The smallest absolute Gasteiger partial charge is 0.271 e. The van der Waals surface area contributed by atoms with Crippen LogP contribution in [0.1, 0.15) is 42.6 Å².